The maximum absolute atomic E-state index is 13.3. The molecule has 4 N–H and O–H groups in total. The molecular formula is C38H42N8O6. The molecule has 0 saturated carbocycles. The lowest BCUT2D eigenvalue weighted by Crippen LogP contribution is -2.48. The fourth-order valence-corrected chi connectivity index (χ4v) is 6.80. The number of oxazole rings is 1. The normalized spacial score (nSPS) is 20.1. The highest BCUT2D eigenvalue weighted by molar-refractivity contribution is 5.90. The van der Waals surface area contributed by atoms with Crippen molar-refractivity contribution in [3.63, 3.8) is 0 Å². The number of ether oxygens (including phenoxy) is 2. The monoisotopic (exact) mass is 706 g/mol. The smallest absolute Gasteiger partial charge is 0.407 e. The number of benzene rings is 2. The number of alkyl carbamates (subject to hydrolysis) is 1. The number of nitrogens with one attached hydrogen (secondary N) is 4. The van der Waals surface area contributed by atoms with Crippen LogP contribution in [0.2, 0.25) is 0 Å². The summed E-state index contributed by atoms with van der Waals surface area (Å²) in [7, 11) is 1.28. The number of carbonyl (C=O) groups is 3. The van der Waals surface area contributed by atoms with Gasteiger partial charge in [0.2, 0.25) is 5.91 Å². The molecule has 0 aliphatic carbocycles. The number of imidazole rings is 2. The highest BCUT2D eigenvalue weighted by atomic mass is 16.5. The Kier molecular flexibility index (Phi) is 10.7. The van der Waals surface area contributed by atoms with Gasteiger partial charge < -0.3 is 39.4 Å². The zero-order chi connectivity index (χ0) is 35.9. The van der Waals surface area contributed by atoms with Crippen LogP contribution in [0.25, 0.3) is 33.6 Å². The number of amides is 3. The number of likely N-dealkylation sites (tertiary alicyclic amines) is 1. The van der Waals surface area contributed by atoms with Gasteiger partial charge in [0.25, 0.3) is 5.89 Å². The van der Waals surface area contributed by atoms with Gasteiger partial charge in [-0.2, -0.15) is 0 Å². The van der Waals surface area contributed by atoms with Crippen molar-refractivity contribution in [1.29, 1.82) is 0 Å². The summed E-state index contributed by atoms with van der Waals surface area (Å²) >= 11 is 0. The van der Waals surface area contributed by atoms with Crippen LogP contribution in [-0.4, -0.2) is 80.6 Å². The van der Waals surface area contributed by atoms with E-state index >= 15 is 0 Å². The van der Waals surface area contributed by atoms with Gasteiger partial charge in [0.15, 0.2) is 0 Å². The standard InChI is InChI=1S/C38H42N8O6/c1-50-38(49)45-29-6-3-2-4-19-51-20-16-28(44-35(29)47)33-40-22-30(42-33)26-12-8-24(9-13-26)25-10-14-27(15-11-25)31-23-41-34(43-31)32-7-5-18-46(32)37(48)36-39-17-21-52-36/h8-15,17,21-23,28-29,32H,2-7,16,18-20H2,1H3,(H,40,42)(H,41,43)(H,44,47)(H,45,49)/t28-,29-,32-/m0/s1. The lowest BCUT2D eigenvalue weighted by molar-refractivity contribution is -0.124. The van der Waals surface area contributed by atoms with E-state index in [1.54, 1.807) is 11.1 Å². The number of carbonyl (C=O) groups excluding carboxylic acids is 3. The molecule has 270 valence electrons. The van der Waals surface area contributed by atoms with Crippen LogP contribution in [0.3, 0.4) is 0 Å². The van der Waals surface area contributed by atoms with Gasteiger partial charge in [-0.1, -0.05) is 61.4 Å². The Balaban J connectivity index is 1.01. The summed E-state index contributed by atoms with van der Waals surface area (Å²) in [6.45, 7) is 1.74. The first-order valence-electron chi connectivity index (χ1n) is 17.7. The fraction of sp³-hybridized carbons (Fsp3) is 0.368. The van der Waals surface area contributed by atoms with Gasteiger partial charge in [-0.25, -0.2) is 19.7 Å². The third kappa shape index (κ3) is 7.91. The van der Waals surface area contributed by atoms with Crippen molar-refractivity contribution in [1.82, 2.24) is 40.5 Å². The molecule has 2 aliphatic rings. The number of aromatic amines is 2. The highest BCUT2D eigenvalue weighted by Crippen LogP contribution is 2.33. The second-order valence-corrected chi connectivity index (χ2v) is 13.0. The zero-order valence-corrected chi connectivity index (χ0v) is 29.0. The number of methoxy groups -OCH3 is 1. The second-order valence-electron chi connectivity index (χ2n) is 13.0. The molecular weight excluding hydrogens is 664 g/mol. The molecule has 2 aliphatic heterocycles. The van der Waals surface area contributed by atoms with Crippen LogP contribution in [0.1, 0.15) is 79.4 Å². The summed E-state index contributed by atoms with van der Waals surface area (Å²) < 4.78 is 15.8. The van der Waals surface area contributed by atoms with Crippen LogP contribution in [0.5, 0.6) is 0 Å². The van der Waals surface area contributed by atoms with Crippen molar-refractivity contribution in [2.45, 2.75) is 63.1 Å². The van der Waals surface area contributed by atoms with Gasteiger partial charge in [-0.05, 0) is 54.4 Å². The van der Waals surface area contributed by atoms with E-state index in [0.717, 1.165) is 71.6 Å². The van der Waals surface area contributed by atoms with Crippen LogP contribution in [0, 0.1) is 0 Å². The summed E-state index contributed by atoms with van der Waals surface area (Å²) in [6.07, 6.45) is 11.1. The molecule has 0 radical (unpaired) electrons. The fourth-order valence-electron chi connectivity index (χ4n) is 6.80. The van der Waals surface area contributed by atoms with Gasteiger partial charge >= 0.3 is 12.0 Å². The van der Waals surface area contributed by atoms with Crippen LogP contribution >= 0.6 is 0 Å². The molecule has 14 nitrogen and oxygen atoms in total. The third-order valence-electron chi connectivity index (χ3n) is 9.63. The molecule has 2 saturated heterocycles. The molecule has 2 fully saturated rings. The Hall–Kier alpha value is -5.76. The molecule has 2 aromatic carbocycles. The minimum atomic E-state index is -0.700. The first-order chi connectivity index (χ1) is 25.5. The van der Waals surface area contributed by atoms with Crippen molar-refractivity contribution < 1.29 is 28.3 Å². The summed E-state index contributed by atoms with van der Waals surface area (Å²) in [5.41, 5.74) is 5.75. The minimum Gasteiger partial charge on any atom is -0.453 e. The van der Waals surface area contributed by atoms with Crippen LogP contribution in [-0.2, 0) is 14.3 Å². The Bertz CT molecular complexity index is 1950. The first-order valence-corrected chi connectivity index (χ1v) is 17.7. The summed E-state index contributed by atoms with van der Waals surface area (Å²) in [4.78, 5) is 60.0. The van der Waals surface area contributed by atoms with Crippen molar-refractivity contribution in [2.75, 3.05) is 26.9 Å². The van der Waals surface area contributed by atoms with E-state index in [1.807, 2.05) is 18.3 Å². The Labute approximate surface area is 300 Å². The number of H-pyrrole nitrogens is 2. The average molecular weight is 707 g/mol. The summed E-state index contributed by atoms with van der Waals surface area (Å²) in [5, 5.41) is 5.73. The van der Waals surface area contributed by atoms with Gasteiger partial charge in [-0.15, -0.1) is 0 Å². The van der Waals surface area contributed by atoms with E-state index in [9.17, 15) is 14.4 Å². The number of aromatic nitrogens is 5. The lowest BCUT2D eigenvalue weighted by Gasteiger charge is -2.23. The van der Waals surface area contributed by atoms with Crippen molar-refractivity contribution >= 4 is 17.9 Å². The molecule has 3 aromatic heterocycles. The predicted octanol–water partition coefficient (Wildman–Crippen LogP) is 5.96. The lowest BCUT2D eigenvalue weighted by atomic mass is 10.0. The summed E-state index contributed by atoms with van der Waals surface area (Å²) in [5.74, 6) is 0.941. The van der Waals surface area contributed by atoms with Crippen LogP contribution in [0.15, 0.2) is 77.8 Å². The predicted molar refractivity (Wildman–Crippen MR) is 191 cm³/mol. The first kappa shape index (κ1) is 34.7. The van der Waals surface area contributed by atoms with Gasteiger partial charge in [0.1, 0.15) is 24.0 Å². The second kappa shape index (κ2) is 16.1. The van der Waals surface area contributed by atoms with Crippen LogP contribution < -0.4 is 10.6 Å². The van der Waals surface area contributed by atoms with Gasteiger partial charge in [0.05, 0.1) is 49.2 Å². The average Bonchev–Trinajstić information content (AvgIpc) is 4.01. The topological polar surface area (TPSA) is 180 Å². The maximum Gasteiger partial charge on any atom is 0.407 e. The van der Waals surface area contributed by atoms with Gasteiger partial charge in [0, 0.05) is 19.8 Å². The van der Waals surface area contributed by atoms with E-state index in [1.165, 1.54) is 19.6 Å². The SMILES string of the molecule is COC(=O)N[C@H]1CCCCCOCC[C@@H](c2ncc(-c3ccc(-c4ccc(-c5cnc([C@@H]6CCCN6C(=O)c6ncco6)[nH]5)cc4)cc3)[nH]2)NC1=O. The molecule has 52 heavy (non-hydrogen) atoms. The van der Waals surface area contributed by atoms with E-state index in [4.69, 9.17) is 13.9 Å². The molecule has 0 spiro atoms. The van der Waals surface area contributed by atoms with E-state index in [0.29, 0.717) is 38.4 Å². The molecule has 14 heteroatoms. The Morgan fingerprint density at radius 3 is 2.15 bits per heavy atom. The van der Waals surface area contributed by atoms with E-state index in [-0.39, 0.29) is 23.7 Å². The van der Waals surface area contributed by atoms with Crippen molar-refractivity contribution in [3.05, 3.63) is 90.9 Å². The largest absolute Gasteiger partial charge is 0.453 e. The molecule has 0 unspecified atom stereocenters. The minimum absolute atomic E-state index is 0.0920. The molecule has 3 amide bonds. The molecule has 0 bridgehead atoms. The third-order valence-corrected chi connectivity index (χ3v) is 9.63. The van der Waals surface area contributed by atoms with Crippen molar-refractivity contribution in [2.24, 2.45) is 0 Å². The van der Waals surface area contributed by atoms with E-state index in [2.05, 4.69) is 72.0 Å². The summed E-state index contributed by atoms with van der Waals surface area (Å²) in [6, 6.07) is 15.2. The Morgan fingerprint density at radius 2 is 1.48 bits per heavy atom. The molecule has 3 atom stereocenters. The highest BCUT2D eigenvalue weighted by Gasteiger charge is 2.34. The Morgan fingerprint density at radius 1 is 0.808 bits per heavy atom. The number of rotatable bonds is 7. The number of hydrogen-bond donors (Lipinski definition) is 4. The maximum atomic E-state index is 13.3. The molecule has 5 heterocycles. The number of nitrogens with zero attached hydrogens (tertiary/aromatic N) is 4. The van der Waals surface area contributed by atoms with Gasteiger partial charge in [-0.3, -0.25) is 9.59 Å². The van der Waals surface area contributed by atoms with Crippen LogP contribution in [0.4, 0.5) is 4.79 Å². The number of hydrogen-bond acceptors (Lipinski definition) is 9. The molecule has 7 rings (SSSR count). The van der Waals surface area contributed by atoms with Crippen molar-refractivity contribution in [3.8, 4) is 33.6 Å². The molecule has 5 aromatic rings. The quantitative estimate of drug-likeness (QED) is 0.159. The van der Waals surface area contributed by atoms with E-state index < -0.39 is 18.2 Å². The zero-order valence-electron chi connectivity index (χ0n) is 29.0.